The smallest absolute Gasteiger partial charge is 0.273 e. The van der Waals surface area contributed by atoms with Crippen molar-refractivity contribution in [3.05, 3.63) is 52.7 Å². The van der Waals surface area contributed by atoms with Crippen molar-refractivity contribution in [1.82, 2.24) is 24.1 Å². The number of rotatable bonds is 3. The van der Waals surface area contributed by atoms with E-state index in [0.717, 1.165) is 16.9 Å². The van der Waals surface area contributed by atoms with Gasteiger partial charge < -0.3 is 15.1 Å². The van der Waals surface area contributed by atoms with Crippen molar-refractivity contribution >= 4 is 11.6 Å². The van der Waals surface area contributed by atoms with Gasteiger partial charge in [0.15, 0.2) is 0 Å². The number of hydrogen-bond donors (Lipinski definition) is 2. The summed E-state index contributed by atoms with van der Waals surface area (Å²) in [5.41, 5.74) is 4.37. The van der Waals surface area contributed by atoms with E-state index in [4.69, 9.17) is 5.11 Å². The maximum atomic E-state index is 13.2. The van der Waals surface area contributed by atoms with E-state index < -0.39 is 6.10 Å². The molecule has 3 aromatic rings. The summed E-state index contributed by atoms with van der Waals surface area (Å²) in [4.78, 5) is 19.4. The topological polar surface area (TPSA) is 95.9 Å². The number of fused-ring (bicyclic) bond motifs is 2. The first-order chi connectivity index (χ1) is 12.5. The number of aromatic nitrogens is 4. The van der Waals surface area contributed by atoms with E-state index >= 15 is 0 Å². The minimum atomic E-state index is -0.999. The molecule has 0 aromatic carbocycles. The Balaban J connectivity index is 1.65. The van der Waals surface area contributed by atoms with Gasteiger partial charge in [-0.15, -0.1) is 0 Å². The average molecular weight is 355 g/mol. The summed E-state index contributed by atoms with van der Waals surface area (Å²) in [7, 11) is 0. The summed E-state index contributed by atoms with van der Waals surface area (Å²) in [6, 6.07) is 5.63. The van der Waals surface area contributed by atoms with E-state index in [2.05, 4.69) is 10.1 Å². The van der Waals surface area contributed by atoms with Gasteiger partial charge in [0.25, 0.3) is 5.91 Å². The van der Waals surface area contributed by atoms with Gasteiger partial charge in [-0.1, -0.05) is 6.07 Å². The van der Waals surface area contributed by atoms with Crippen LogP contribution in [-0.4, -0.2) is 53.3 Å². The number of imidazole rings is 1. The normalized spacial score (nSPS) is 15.3. The van der Waals surface area contributed by atoms with Crippen molar-refractivity contribution in [3.63, 3.8) is 0 Å². The summed E-state index contributed by atoms with van der Waals surface area (Å²) >= 11 is 0. The van der Waals surface area contributed by atoms with Crippen LogP contribution in [0.5, 0.6) is 0 Å². The quantitative estimate of drug-likeness (QED) is 0.725. The molecule has 3 aromatic heterocycles. The van der Waals surface area contributed by atoms with Crippen molar-refractivity contribution < 1.29 is 15.0 Å². The first-order valence-electron chi connectivity index (χ1n) is 8.58. The van der Waals surface area contributed by atoms with Gasteiger partial charge in [0, 0.05) is 12.7 Å². The Hall–Kier alpha value is -2.71. The predicted molar refractivity (Wildman–Crippen MR) is 93.7 cm³/mol. The lowest BCUT2D eigenvalue weighted by molar-refractivity contribution is 0.0697. The lowest BCUT2D eigenvalue weighted by Crippen LogP contribution is -2.39. The fourth-order valence-electron chi connectivity index (χ4n) is 3.39. The van der Waals surface area contributed by atoms with Gasteiger partial charge >= 0.3 is 0 Å². The van der Waals surface area contributed by atoms with Gasteiger partial charge in [-0.3, -0.25) is 13.9 Å². The van der Waals surface area contributed by atoms with Crippen molar-refractivity contribution in [1.29, 1.82) is 0 Å². The zero-order valence-electron chi connectivity index (χ0n) is 14.8. The number of nitrogens with zero attached hydrogens (tertiary/aromatic N) is 5. The molecule has 4 rings (SSSR count). The summed E-state index contributed by atoms with van der Waals surface area (Å²) in [6.45, 7) is 4.94. The molecule has 0 saturated heterocycles. The Kier molecular flexibility index (Phi) is 4.01. The van der Waals surface area contributed by atoms with Crippen molar-refractivity contribution in [2.45, 2.75) is 33.0 Å². The fraction of sp³-hybridized carbons (Fsp3) is 0.389. The standard InChI is InChI=1S/C18H21N5O3/c1-11-3-4-16-19-12(2)17(22(16)8-11)18(26)21-5-6-23-13(9-21)7-14(20-23)15(25)10-24/h3-4,7-8,15,24-25H,5-6,9-10H2,1-2H3/t15-/m1/s1. The molecule has 8 nitrogen and oxygen atoms in total. The van der Waals surface area contributed by atoms with Crippen LogP contribution in [0.2, 0.25) is 0 Å². The van der Waals surface area contributed by atoms with Crippen LogP contribution in [0.15, 0.2) is 24.4 Å². The van der Waals surface area contributed by atoms with Crippen LogP contribution in [0.4, 0.5) is 0 Å². The van der Waals surface area contributed by atoms with Crippen LogP contribution in [0.3, 0.4) is 0 Å². The lowest BCUT2D eigenvalue weighted by atomic mass is 10.2. The number of carbonyl (C=O) groups excluding carboxylic acids is 1. The Bertz CT molecular complexity index is 990. The van der Waals surface area contributed by atoms with Crippen LogP contribution in [0.25, 0.3) is 5.65 Å². The summed E-state index contributed by atoms with van der Waals surface area (Å²) in [6.07, 6.45) is 0.924. The monoisotopic (exact) mass is 355 g/mol. The molecule has 0 saturated carbocycles. The minimum absolute atomic E-state index is 0.0719. The Morgan fingerprint density at radius 3 is 2.88 bits per heavy atom. The molecule has 0 spiro atoms. The predicted octanol–water partition coefficient (Wildman–Crippen LogP) is 0.829. The van der Waals surface area contributed by atoms with E-state index in [9.17, 15) is 9.90 Å². The zero-order valence-corrected chi connectivity index (χ0v) is 14.8. The molecule has 4 heterocycles. The van der Waals surface area contributed by atoms with Gasteiger partial charge in [0.1, 0.15) is 17.4 Å². The van der Waals surface area contributed by atoms with E-state index in [0.29, 0.717) is 36.7 Å². The third-order valence-corrected chi connectivity index (χ3v) is 4.76. The highest BCUT2D eigenvalue weighted by atomic mass is 16.3. The molecule has 8 heteroatoms. The molecule has 1 aliphatic heterocycles. The second kappa shape index (κ2) is 6.22. The number of hydrogen-bond acceptors (Lipinski definition) is 5. The number of amides is 1. The Labute approximate surface area is 150 Å². The maximum absolute atomic E-state index is 13.2. The van der Waals surface area contributed by atoms with Gasteiger partial charge in [0.05, 0.1) is 36.8 Å². The van der Waals surface area contributed by atoms with Crippen LogP contribution < -0.4 is 0 Å². The number of aryl methyl sites for hydroxylation is 2. The molecule has 26 heavy (non-hydrogen) atoms. The fourth-order valence-corrected chi connectivity index (χ4v) is 3.39. The molecule has 0 radical (unpaired) electrons. The second-order valence-electron chi connectivity index (χ2n) is 6.69. The number of aliphatic hydroxyl groups excluding tert-OH is 2. The van der Waals surface area contributed by atoms with Gasteiger partial charge in [-0.05, 0) is 31.5 Å². The highest BCUT2D eigenvalue weighted by Gasteiger charge is 2.27. The number of carbonyl (C=O) groups is 1. The Morgan fingerprint density at radius 2 is 2.12 bits per heavy atom. The van der Waals surface area contributed by atoms with E-state index in [1.807, 2.05) is 36.6 Å². The van der Waals surface area contributed by atoms with Crippen molar-refractivity contribution in [2.75, 3.05) is 13.2 Å². The first-order valence-corrected chi connectivity index (χ1v) is 8.58. The van der Waals surface area contributed by atoms with Crippen LogP contribution in [-0.2, 0) is 13.1 Å². The van der Waals surface area contributed by atoms with E-state index in [1.165, 1.54) is 0 Å². The highest BCUT2D eigenvalue weighted by Crippen LogP contribution is 2.21. The largest absolute Gasteiger partial charge is 0.393 e. The van der Waals surface area contributed by atoms with Crippen LogP contribution in [0, 0.1) is 13.8 Å². The van der Waals surface area contributed by atoms with E-state index in [1.54, 1.807) is 15.6 Å². The van der Waals surface area contributed by atoms with Crippen LogP contribution in [0.1, 0.15) is 39.2 Å². The average Bonchev–Trinajstić information content (AvgIpc) is 3.19. The first kappa shape index (κ1) is 16.7. The number of pyridine rings is 1. The molecule has 2 N–H and O–H groups in total. The maximum Gasteiger partial charge on any atom is 0.273 e. The molecular formula is C18H21N5O3. The highest BCUT2D eigenvalue weighted by molar-refractivity contribution is 5.94. The summed E-state index contributed by atoms with van der Waals surface area (Å²) in [5, 5.41) is 23.2. The van der Waals surface area contributed by atoms with Gasteiger partial charge in [-0.25, -0.2) is 4.98 Å². The molecule has 1 amide bonds. The van der Waals surface area contributed by atoms with E-state index in [-0.39, 0.29) is 12.5 Å². The summed E-state index contributed by atoms with van der Waals surface area (Å²) in [5.74, 6) is -0.0719. The lowest BCUT2D eigenvalue weighted by Gasteiger charge is -2.27. The molecule has 0 unspecified atom stereocenters. The molecular weight excluding hydrogens is 334 g/mol. The van der Waals surface area contributed by atoms with Crippen LogP contribution >= 0.6 is 0 Å². The second-order valence-corrected chi connectivity index (χ2v) is 6.69. The SMILES string of the molecule is Cc1ccc2nc(C)c(C(=O)N3CCn4nc([C@H](O)CO)cc4C3)n2c1. The molecule has 136 valence electrons. The molecule has 1 aliphatic rings. The molecule has 0 aliphatic carbocycles. The van der Waals surface area contributed by atoms with Gasteiger partial charge in [-0.2, -0.15) is 5.10 Å². The summed E-state index contributed by atoms with van der Waals surface area (Å²) < 4.78 is 3.63. The molecule has 1 atom stereocenters. The minimum Gasteiger partial charge on any atom is -0.393 e. The van der Waals surface area contributed by atoms with Crippen molar-refractivity contribution in [2.24, 2.45) is 0 Å². The third kappa shape index (κ3) is 2.67. The number of aliphatic hydroxyl groups is 2. The van der Waals surface area contributed by atoms with Gasteiger partial charge in [0.2, 0.25) is 0 Å². The van der Waals surface area contributed by atoms with Crippen molar-refractivity contribution in [3.8, 4) is 0 Å². The molecule has 0 fully saturated rings. The zero-order chi connectivity index (χ0) is 18.4. The third-order valence-electron chi connectivity index (χ3n) is 4.76. The Morgan fingerprint density at radius 1 is 1.31 bits per heavy atom. The molecule has 0 bridgehead atoms.